The monoisotopic (exact) mass is 828 g/mol. The lowest BCUT2D eigenvalue weighted by Crippen LogP contribution is -2.46. The summed E-state index contributed by atoms with van der Waals surface area (Å²) in [6.45, 7) is 6.44. The summed E-state index contributed by atoms with van der Waals surface area (Å²) in [7, 11) is 0. The lowest BCUT2D eigenvalue weighted by Gasteiger charge is -2.24. The Balaban J connectivity index is 4.69. The van der Waals surface area contributed by atoms with Crippen LogP contribution in [0.25, 0.3) is 0 Å². The van der Waals surface area contributed by atoms with Gasteiger partial charge in [-0.05, 0) is 70.6 Å². The zero-order chi connectivity index (χ0) is 43.1. The summed E-state index contributed by atoms with van der Waals surface area (Å²) in [4.78, 5) is 26.1. The topological polar surface area (TPSA) is 95.9 Å². The SMILES string of the molecule is CCCCCCCCC/C=C/C=C/CCCCCC(=O)OC(CCC/C=C/C=C/CCCCCCCCC)CC(=O)NC(CO)C(O)CCCCCCCCCCCC. The predicted octanol–water partition coefficient (Wildman–Crippen LogP) is 15.1. The number of rotatable bonds is 45. The first-order valence-electron chi connectivity index (χ1n) is 25.4. The molecule has 6 heteroatoms. The maximum atomic E-state index is 13.2. The number of nitrogens with one attached hydrogen (secondary N) is 1. The molecule has 3 unspecified atom stereocenters. The third kappa shape index (κ3) is 42.3. The molecule has 0 rings (SSSR count). The molecule has 1 amide bonds. The van der Waals surface area contributed by atoms with Crippen molar-refractivity contribution in [3.8, 4) is 0 Å². The molecule has 3 atom stereocenters. The van der Waals surface area contributed by atoms with Crippen LogP contribution in [0.3, 0.4) is 0 Å². The van der Waals surface area contributed by atoms with Crippen molar-refractivity contribution < 1.29 is 24.5 Å². The van der Waals surface area contributed by atoms with E-state index < -0.39 is 18.2 Å². The van der Waals surface area contributed by atoms with Crippen molar-refractivity contribution in [3.63, 3.8) is 0 Å². The number of carbonyl (C=O) groups excluding carboxylic acids is 2. The van der Waals surface area contributed by atoms with E-state index >= 15 is 0 Å². The number of carbonyl (C=O) groups is 2. The number of esters is 1. The van der Waals surface area contributed by atoms with Crippen molar-refractivity contribution in [1.82, 2.24) is 5.32 Å². The second-order valence-electron chi connectivity index (χ2n) is 17.3. The van der Waals surface area contributed by atoms with Gasteiger partial charge in [0.1, 0.15) is 6.10 Å². The maximum absolute atomic E-state index is 13.2. The first-order chi connectivity index (χ1) is 29.0. The lowest BCUT2D eigenvalue weighted by atomic mass is 10.0. The highest BCUT2D eigenvalue weighted by atomic mass is 16.5. The molecule has 3 N–H and O–H groups in total. The van der Waals surface area contributed by atoms with Gasteiger partial charge in [0.25, 0.3) is 0 Å². The van der Waals surface area contributed by atoms with E-state index in [1.165, 1.54) is 135 Å². The molecule has 59 heavy (non-hydrogen) atoms. The van der Waals surface area contributed by atoms with Crippen LogP contribution < -0.4 is 5.32 Å². The fourth-order valence-corrected chi connectivity index (χ4v) is 7.54. The molecule has 0 aliphatic carbocycles. The predicted molar refractivity (Wildman–Crippen MR) is 255 cm³/mol. The molecule has 0 aliphatic rings. The Bertz CT molecular complexity index is 1020. The first kappa shape index (κ1) is 56.8. The van der Waals surface area contributed by atoms with E-state index in [4.69, 9.17) is 4.74 Å². The number of allylic oxidation sites excluding steroid dienone is 8. The second kappa shape index (κ2) is 46.9. The molecule has 0 saturated carbocycles. The highest BCUT2D eigenvalue weighted by Crippen LogP contribution is 2.16. The molecule has 0 heterocycles. The van der Waals surface area contributed by atoms with Crippen LogP contribution >= 0.6 is 0 Å². The smallest absolute Gasteiger partial charge is 0.306 e. The minimum Gasteiger partial charge on any atom is -0.462 e. The van der Waals surface area contributed by atoms with Gasteiger partial charge < -0.3 is 20.3 Å². The molecule has 0 fully saturated rings. The third-order valence-electron chi connectivity index (χ3n) is 11.4. The van der Waals surface area contributed by atoms with Gasteiger partial charge in [-0.3, -0.25) is 9.59 Å². The summed E-state index contributed by atoms with van der Waals surface area (Å²) in [5.41, 5.74) is 0. The Morgan fingerprint density at radius 2 is 0.864 bits per heavy atom. The number of unbranched alkanes of at least 4 members (excludes halogenated alkanes) is 27. The van der Waals surface area contributed by atoms with Gasteiger partial charge in [0.2, 0.25) is 5.91 Å². The molecule has 0 radical (unpaired) electrons. The molecular formula is C53H97NO5. The highest BCUT2D eigenvalue weighted by molar-refractivity contribution is 5.77. The van der Waals surface area contributed by atoms with Gasteiger partial charge in [-0.15, -0.1) is 0 Å². The van der Waals surface area contributed by atoms with Gasteiger partial charge >= 0.3 is 5.97 Å². The van der Waals surface area contributed by atoms with Gasteiger partial charge in [-0.2, -0.15) is 0 Å². The first-order valence-corrected chi connectivity index (χ1v) is 25.4. The van der Waals surface area contributed by atoms with E-state index in [1.807, 2.05) is 0 Å². The summed E-state index contributed by atoms with van der Waals surface area (Å²) in [5.74, 6) is -0.550. The minimum atomic E-state index is -0.802. The number of ether oxygens (including phenoxy) is 1. The lowest BCUT2D eigenvalue weighted by molar-refractivity contribution is -0.151. The number of hydrogen-bond acceptors (Lipinski definition) is 5. The fraction of sp³-hybridized carbons (Fsp3) is 0.811. The Kier molecular flexibility index (Phi) is 45.1. The molecule has 0 aromatic rings. The summed E-state index contributed by atoms with van der Waals surface area (Å²) in [6.07, 6.45) is 56.1. The quantitative estimate of drug-likeness (QED) is 0.0323. The van der Waals surface area contributed by atoms with Crippen molar-refractivity contribution in [2.45, 2.75) is 270 Å². The van der Waals surface area contributed by atoms with Crippen LogP contribution in [0, 0.1) is 0 Å². The van der Waals surface area contributed by atoms with E-state index in [0.717, 1.165) is 70.6 Å². The summed E-state index contributed by atoms with van der Waals surface area (Å²) >= 11 is 0. The Hall–Kier alpha value is -2.18. The van der Waals surface area contributed by atoms with Crippen molar-refractivity contribution in [1.29, 1.82) is 0 Å². The molecule has 0 spiro atoms. The summed E-state index contributed by atoms with van der Waals surface area (Å²) in [6, 6.07) is -0.720. The van der Waals surface area contributed by atoms with Crippen LogP contribution in [0.1, 0.15) is 252 Å². The standard InChI is InChI=1S/C53H97NO5/c1-4-7-10-13-16-19-22-24-26-27-29-31-34-37-40-43-46-53(58)59-49(44-41-38-35-32-30-28-25-23-20-17-14-11-8-5-2)47-52(57)54-50(48-55)51(56)45-42-39-36-33-21-18-15-12-9-6-3/h26-32,35,49-51,55-56H,4-25,33-34,36-48H2,1-3H3,(H,54,57)/b27-26+,30-28+,31-29+,35-32+. The number of aliphatic hydroxyl groups is 2. The van der Waals surface area contributed by atoms with Crippen LogP contribution in [0.2, 0.25) is 0 Å². The van der Waals surface area contributed by atoms with Crippen molar-refractivity contribution >= 4 is 11.9 Å². The number of aliphatic hydroxyl groups excluding tert-OH is 2. The van der Waals surface area contributed by atoms with Crippen LogP contribution in [-0.4, -0.2) is 46.9 Å². The Labute approximate surface area is 366 Å². The van der Waals surface area contributed by atoms with Gasteiger partial charge in [0.05, 0.1) is 25.2 Å². The molecule has 0 bridgehead atoms. The number of amides is 1. The molecule has 0 saturated heterocycles. The third-order valence-corrected chi connectivity index (χ3v) is 11.4. The highest BCUT2D eigenvalue weighted by Gasteiger charge is 2.24. The Morgan fingerprint density at radius 1 is 0.492 bits per heavy atom. The van der Waals surface area contributed by atoms with Crippen LogP contribution in [-0.2, 0) is 14.3 Å². The zero-order valence-corrected chi connectivity index (χ0v) is 39.1. The van der Waals surface area contributed by atoms with Crippen LogP contribution in [0.15, 0.2) is 48.6 Å². The van der Waals surface area contributed by atoms with E-state index in [1.54, 1.807) is 0 Å². The van der Waals surface area contributed by atoms with Crippen LogP contribution in [0.5, 0.6) is 0 Å². The van der Waals surface area contributed by atoms with Crippen LogP contribution in [0.4, 0.5) is 0 Å². The molecule has 6 nitrogen and oxygen atoms in total. The van der Waals surface area contributed by atoms with Gasteiger partial charge in [0, 0.05) is 6.42 Å². The van der Waals surface area contributed by atoms with Crippen molar-refractivity contribution in [2.75, 3.05) is 6.61 Å². The van der Waals surface area contributed by atoms with E-state index in [9.17, 15) is 19.8 Å². The second-order valence-corrected chi connectivity index (χ2v) is 17.3. The average Bonchev–Trinajstić information content (AvgIpc) is 3.23. The normalized spacial score (nSPS) is 13.6. The molecule has 344 valence electrons. The van der Waals surface area contributed by atoms with E-state index in [-0.39, 0.29) is 24.9 Å². The average molecular weight is 828 g/mol. The maximum Gasteiger partial charge on any atom is 0.306 e. The molecule has 0 aromatic heterocycles. The van der Waals surface area contributed by atoms with Crippen molar-refractivity contribution in [2.24, 2.45) is 0 Å². The molecular weight excluding hydrogens is 731 g/mol. The van der Waals surface area contributed by atoms with Gasteiger partial charge in [0.15, 0.2) is 0 Å². The van der Waals surface area contributed by atoms with Gasteiger partial charge in [-0.25, -0.2) is 0 Å². The minimum absolute atomic E-state index is 0.0343. The largest absolute Gasteiger partial charge is 0.462 e. The fourth-order valence-electron chi connectivity index (χ4n) is 7.54. The number of hydrogen-bond donors (Lipinski definition) is 3. The van der Waals surface area contributed by atoms with E-state index in [2.05, 4.69) is 74.7 Å². The van der Waals surface area contributed by atoms with Gasteiger partial charge in [-0.1, -0.05) is 217 Å². The summed E-state index contributed by atoms with van der Waals surface area (Å²) < 4.78 is 5.89. The van der Waals surface area contributed by atoms with E-state index in [0.29, 0.717) is 19.3 Å². The summed E-state index contributed by atoms with van der Waals surface area (Å²) in [5, 5.41) is 23.7. The molecule has 0 aliphatic heterocycles. The van der Waals surface area contributed by atoms with Crippen molar-refractivity contribution in [3.05, 3.63) is 48.6 Å². The molecule has 0 aromatic carbocycles. The zero-order valence-electron chi connectivity index (χ0n) is 39.1. The Morgan fingerprint density at radius 3 is 1.29 bits per heavy atom.